The van der Waals surface area contributed by atoms with Crippen molar-refractivity contribution in [3.63, 3.8) is 0 Å². The quantitative estimate of drug-likeness (QED) is 0.772. The zero-order valence-corrected chi connectivity index (χ0v) is 16.7. The molecule has 8 nitrogen and oxygen atoms in total. The van der Waals surface area contributed by atoms with Gasteiger partial charge in [0.1, 0.15) is 5.75 Å². The van der Waals surface area contributed by atoms with Gasteiger partial charge in [0, 0.05) is 31.2 Å². The van der Waals surface area contributed by atoms with Crippen LogP contribution in [0, 0.1) is 0 Å². The normalized spacial score (nSPS) is 25.4. The van der Waals surface area contributed by atoms with Crippen LogP contribution in [0.15, 0.2) is 18.2 Å². The van der Waals surface area contributed by atoms with Crippen molar-refractivity contribution >= 4 is 15.7 Å². The van der Waals surface area contributed by atoms with E-state index in [9.17, 15) is 13.2 Å². The van der Waals surface area contributed by atoms with Crippen LogP contribution in [-0.4, -0.2) is 68.8 Å². The fourth-order valence-electron chi connectivity index (χ4n) is 4.00. The number of fused-ring (bicyclic) bond motifs is 1. The molecule has 28 heavy (non-hydrogen) atoms. The number of hydrogen-bond donors (Lipinski definition) is 1. The summed E-state index contributed by atoms with van der Waals surface area (Å²) in [5, 5.41) is 3.05. The number of carbonyl (C=O) groups is 1. The number of nitrogens with one attached hydrogen (secondary N) is 1. The summed E-state index contributed by atoms with van der Waals surface area (Å²) >= 11 is 0. The monoisotopic (exact) mass is 410 g/mol. The minimum absolute atomic E-state index is 0.0876. The van der Waals surface area contributed by atoms with Crippen molar-refractivity contribution in [1.29, 1.82) is 0 Å². The van der Waals surface area contributed by atoms with E-state index in [2.05, 4.69) is 10.2 Å². The van der Waals surface area contributed by atoms with E-state index in [1.165, 1.54) is 0 Å². The fraction of sp³-hybridized carbons (Fsp3) is 0.632. The first kappa shape index (κ1) is 19.3. The van der Waals surface area contributed by atoms with Gasteiger partial charge in [0.15, 0.2) is 27.4 Å². The van der Waals surface area contributed by atoms with E-state index < -0.39 is 15.9 Å². The molecule has 1 amide bonds. The molecule has 1 aromatic rings. The van der Waals surface area contributed by atoms with Crippen LogP contribution in [0.25, 0.3) is 0 Å². The van der Waals surface area contributed by atoms with Crippen molar-refractivity contribution in [1.82, 2.24) is 10.2 Å². The number of rotatable bonds is 5. The number of nitrogens with zero attached hydrogens (tertiary/aromatic N) is 1. The number of hydrogen-bond acceptors (Lipinski definition) is 7. The second-order valence-electron chi connectivity index (χ2n) is 7.65. The largest absolute Gasteiger partial charge is 0.481 e. The van der Waals surface area contributed by atoms with Crippen molar-refractivity contribution in [3.8, 4) is 17.2 Å². The van der Waals surface area contributed by atoms with Crippen molar-refractivity contribution in [3.05, 3.63) is 18.2 Å². The lowest BCUT2D eigenvalue weighted by Gasteiger charge is -2.36. The highest BCUT2D eigenvalue weighted by Crippen LogP contribution is 2.35. The Balaban J connectivity index is 1.24. The van der Waals surface area contributed by atoms with Crippen LogP contribution in [0.4, 0.5) is 0 Å². The maximum atomic E-state index is 12.5. The summed E-state index contributed by atoms with van der Waals surface area (Å²) in [6, 6.07) is 5.46. The van der Waals surface area contributed by atoms with E-state index in [0.717, 1.165) is 32.4 Å². The molecule has 4 rings (SSSR count). The molecule has 3 aliphatic heterocycles. The maximum absolute atomic E-state index is 12.5. The first-order valence-electron chi connectivity index (χ1n) is 9.71. The third-order valence-corrected chi connectivity index (χ3v) is 7.38. The average Bonchev–Trinajstić information content (AvgIpc) is 3.27. The third-order valence-electron chi connectivity index (χ3n) is 5.63. The Hall–Kier alpha value is -2.00. The number of benzene rings is 1. The third kappa shape index (κ3) is 4.35. The predicted molar refractivity (Wildman–Crippen MR) is 102 cm³/mol. The summed E-state index contributed by atoms with van der Waals surface area (Å²) in [6.07, 6.45) is 1.73. The van der Waals surface area contributed by atoms with Gasteiger partial charge in [-0.2, -0.15) is 0 Å². The molecule has 154 valence electrons. The highest BCUT2D eigenvalue weighted by Gasteiger charge is 2.34. The van der Waals surface area contributed by atoms with E-state index in [4.69, 9.17) is 14.2 Å². The standard InChI is InChI=1S/C19H26N2O6S/c1-13(27-16-2-3-17-18(10-16)26-12-25-17)19(22)20-14-4-7-21(8-5-14)15-6-9-28(23,24)11-15/h2-3,10,13-15H,4-9,11-12H2,1H3,(H,20,22). The first-order valence-corrected chi connectivity index (χ1v) is 11.5. The number of piperidine rings is 1. The highest BCUT2D eigenvalue weighted by molar-refractivity contribution is 7.91. The molecule has 2 saturated heterocycles. The molecule has 1 aromatic carbocycles. The molecular weight excluding hydrogens is 384 g/mol. The Morgan fingerprint density at radius 2 is 1.96 bits per heavy atom. The van der Waals surface area contributed by atoms with Crippen molar-refractivity contribution in [2.24, 2.45) is 0 Å². The van der Waals surface area contributed by atoms with Gasteiger partial charge in [-0.15, -0.1) is 0 Å². The van der Waals surface area contributed by atoms with Gasteiger partial charge in [0.05, 0.1) is 11.5 Å². The second-order valence-corrected chi connectivity index (χ2v) is 9.88. The molecule has 2 atom stereocenters. The predicted octanol–water partition coefficient (Wildman–Crippen LogP) is 0.950. The van der Waals surface area contributed by atoms with Crippen LogP contribution in [0.2, 0.25) is 0 Å². The van der Waals surface area contributed by atoms with E-state index in [0.29, 0.717) is 23.0 Å². The van der Waals surface area contributed by atoms with E-state index in [1.54, 1.807) is 25.1 Å². The molecular formula is C19H26N2O6S. The average molecular weight is 410 g/mol. The number of ether oxygens (including phenoxy) is 3. The Labute approximate surface area is 165 Å². The van der Waals surface area contributed by atoms with Gasteiger partial charge in [-0.05, 0) is 38.3 Å². The highest BCUT2D eigenvalue weighted by atomic mass is 32.2. The van der Waals surface area contributed by atoms with E-state index >= 15 is 0 Å². The molecule has 0 radical (unpaired) electrons. The summed E-state index contributed by atoms with van der Waals surface area (Å²) in [5.41, 5.74) is 0. The molecule has 0 bridgehead atoms. The van der Waals surface area contributed by atoms with Gasteiger partial charge in [0.2, 0.25) is 6.79 Å². The van der Waals surface area contributed by atoms with Crippen LogP contribution >= 0.6 is 0 Å². The maximum Gasteiger partial charge on any atom is 0.260 e. The summed E-state index contributed by atoms with van der Waals surface area (Å²) in [6.45, 7) is 3.53. The Kier molecular flexibility index (Phi) is 5.37. The SMILES string of the molecule is CC(Oc1ccc2c(c1)OCO2)C(=O)NC1CCN(C2CCS(=O)(=O)C2)CC1. The molecule has 1 N–H and O–H groups in total. The van der Waals surface area contributed by atoms with Crippen LogP contribution < -0.4 is 19.5 Å². The Morgan fingerprint density at radius 3 is 2.68 bits per heavy atom. The van der Waals surface area contributed by atoms with Gasteiger partial charge < -0.3 is 19.5 Å². The lowest BCUT2D eigenvalue weighted by Crippen LogP contribution is -2.50. The van der Waals surface area contributed by atoms with Crippen LogP contribution in [0.5, 0.6) is 17.2 Å². The minimum Gasteiger partial charge on any atom is -0.481 e. The van der Waals surface area contributed by atoms with Crippen LogP contribution in [0.1, 0.15) is 26.2 Å². The Morgan fingerprint density at radius 1 is 1.21 bits per heavy atom. The number of amides is 1. The van der Waals surface area contributed by atoms with E-state index in [1.807, 2.05) is 0 Å². The van der Waals surface area contributed by atoms with E-state index in [-0.39, 0.29) is 30.5 Å². The van der Waals surface area contributed by atoms with Gasteiger partial charge in [-0.25, -0.2) is 8.42 Å². The van der Waals surface area contributed by atoms with Crippen LogP contribution in [0.3, 0.4) is 0 Å². The second kappa shape index (κ2) is 7.79. The lowest BCUT2D eigenvalue weighted by atomic mass is 10.0. The molecule has 0 saturated carbocycles. The molecule has 2 unspecified atom stereocenters. The molecule has 9 heteroatoms. The van der Waals surface area contributed by atoms with Crippen molar-refractivity contribution in [2.75, 3.05) is 31.4 Å². The zero-order valence-electron chi connectivity index (χ0n) is 15.9. The molecule has 0 aromatic heterocycles. The molecule has 0 aliphatic carbocycles. The first-order chi connectivity index (χ1) is 13.4. The number of carbonyl (C=O) groups excluding carboxylic acids is 1. The summed E-state index contributed by atoms with van der Waals surface area (Å²) in [5.74, 6) is 2.26. The minimum atomic E-state index is -2.87. The molecule has 3 aliphatic rings. The van der Waals surface area contributed by atoms with Gasteiger partial charge in [0.25, 0.3) is 5.91 Å². The lowest BCUT2D eigenvalue weighted by molar-refractivity contribution is -0.128. The topological polar surface area (TPSA) is 94.2 Å². The number of sulfone groups is 1. The van der Waals surface area contributed by atoms with Gasteiger partial charge >= 0.3 is 0 Å². The van der Waals surface area contributed by atoms with Crippen LogP contribution in [-0.2, 0) is 14.6 Å². The molecule has 2 fully saturated rings. The number of likely N-dealkylation sites (tertiary alicyclic amines) is 1. The fourth-order valence-corrected chi connectivity index (χ4v) is 5.76. The molecule has 3 heterocycles. The van der Waals surface area contributed by atoms with Gasteiger partial charge in [-0.3, -0.25) is 9.69 Å². The van der Waals surface area contributed by atoms with Crippen molar-refractivity contribution in [2.45, 2.75) is 44.4 Å². The summed E-state index contributed by atoms with van der Waals surface area (Å²) < 4.78 is 39.7. The van der Waals surface area contributed by atoms with Gasteiger partial charge in [-0.1, -0.05) is 0 Å². The smallest absolute Gasteiger partial charge is 0.260 e. The molecule has 0 spiro atoms. The Bertz CT molecular complexity index is 835. The summed E-state index contributed by atoms with van der Waals surface area (Å²) in [4.78, 5) is 14.7. The zero-order chi connectivity index (χ0) is 19.7. The van der Waals surface area contributed by atoms with Crippen molar-refractivity contribution < 1.29 is 27.4 Å². The summed E-state index contributed by atoms with van der Waals surface area (Å²) in [7, 11) is -2.87.